The lowest BCUT2D eigenvalue weighted by atomic mass is 9.92. The van der Waals surface area contributed by atoms with Crippen LogP contribution in [0.5, 0.6) is 0 Å². The van der Waals surface area contributed by atoms with E-state index in [1.165, 1.54) is 0 Å². The molecule has 3 atom stereocenters. The number of urea groups is 1. The Morgan fingerprint density at radius 2 is 1.95 bits per heavy atom. The Balaban J connectivity index is 2.01. The maximum Gasteiger partial charge on any atom is 0.320 e. The van der Waals surface area contributed by atoms with Gasteiger partial charge in [0.2, 0.25) is 0 Å². The lowest BCUT2D eigenvalue weighted by molar-refractivity contribution is -0.144. The second-order valence-electron chi connectivity index (χ2n) is 6.95. The number of morpholine rings is 1. The van der Waals surface area contributed by atoms with Crippen molar-refractivity contribution < 1.29 is 19.4 Å². The molecule has 0 aromatic heterocycles. The summed E-state index contributed by atoms with van der Waals surface area (Å²) >= 11 is 0. The Morgan fingerprint density at radius 1 is 1.29 bits per heavy atom. The average Bonchev–Trinajstić information content (AvgIpc) is 2.35. The molecule has 2 aliphatic rings. The fourth-order valence-electron chi connectivity index (χ4n) is 3.46. The Morgan fingerprint density at radius 3 is 2.48 bits per heavy atom. The summed E-state index contributed by atoms with van der Waals surface area (Å²) in [7, 11) is 0. The molecule has 2 aliphatic heterocycles. The highest BCUT2D eigenvalue weighted by molar-refractivity contribution is 5.76. The van der Waals surface area contributed by atoms with Crippen LogP contribution < -0.4 is 0 Å². The molecule has 2 heterocycles. The van der Waals surface area contributed by atoms with Crippen molar-refractivity contribution in [3.63, 3.8) is 0 Å². The van der Waals surface area contributed by atoms with Gasteiger partial charge in [-0.2, -0.15) is 0 Å². The van der Waals surface area contributed by atoms with Gasteiger partial charge in [0.1, 0.15) is 0 Å². The van der Waals surface area contributed by atoms with Crippen molar-refractivity contribution in [2.75, 3.05) is 19.6 Å². The summed E-state index contributed by atoms with van der Waals surface area (Å²) in [5.41, 5.74) is -0.337. The number of carboxylic acid groups (broad SMARTS) is 1. The minimum atomic E-state index is -0.755. The molecular weight excluding hydrogens is 272 g/mol. The van der Waals surface area contributed by atoms with Gasteiger partial charge in [0.05, 0.1) is 24.2 Å². The van der Waals surface area contributed by atoms with E-state index >= 15 is 0 Å². The fourth-order valence-corrected chi connectivity index (χ4v) is 3.46. The Hall–Kier alpha value is -1.30. The van der Waals surface area contributed by atoms with Gasteiger partial charge in [0.25, 0.3) is 0 Å². The first kappa shape index (κ1) is 16.1. The Labute approximate surface area is 126 Å². The van der Waals surface area contributed by atoms with Gasteiger partial charge in [0.15, 0.2) is 0 Å². The summed E-state index contributed by atoms with van der Waals surface area (Å²) in [6, 6.07) is -0.0248. The molecule has 21 heavy (non-hydrogen) atoms. The summed E-state index contributed by atoms with van der Waals surface area (Å²) in [6.07, 6.45) is 1.09. The number of carbonyl (C=O) groups excluding carboxylic acids is 1. The van der Waals surface area contributed by atoms with Crippen LogP contribution in [0.2, 0.25) is 0 Å². The quantitative estimate of drug-likeness (QED) is 0.801. The molecule has 0 saturated carbocycles. The molecule has 2 amide bonds. The number of rotatable bonds is 1. The van der Waals surface area contributed by atoms with Gasteiger partial charge in [0, 0.05) is 19.1 Å². The van der Waals surface area contributed by atoms with Crippen LogP contribution in [0.4, 0.5) is 4.79 Å². The van der Waals surface area contributed by atoms with E-state index in [2.05, 4.69) is 0 Å². The normalized spacial score (nSPS) is 32.9. The molecule has 0 aromatic carbocycles. The molecule has 6 nitrogen and oxygen atoms in total. The maximum absolute atomic E-state index is 12.7. The number of hydrogen-bond donors (Lipinski definition) is 1. The summed E-state index contributed by atoms with van der Waals surface area (Å²) in [4.78, 5) is 27.5. The van der Waals surface area contributed by atoms with E-state index in [1.807, 2.05) is 37.5 Å². The van der Waals surface area contributed by atoms with Gasteiger partial charge in [-0.3, -0.25) is 4.79 Å². The zero-order valence-corrected chi connectivity index (χ0v) is 13.3. The third kappa shape index (κ3) is 3.67. The predicted molar refractivity (Wildman–Crippen MR) is 78.1 cm³/mol. The molecule has 120 valence electrons. The van der Waals surface area contributed by atoms with Gasteiger partial charge >= 0.3 is 12.0 Å². The molecule has 2 saturated heterocycles. The van der Waals surface area contributed by atoms with Gasteiger partial charge in [-0.25, -0.2) is 4.79 Å². The molecule has 0 spiro atoms. The van der Waals surface area contributed by atoms with Gasteiger partial charge in [-0.05, 0) is 40.5 Å². The molecule has 0 bridgehead atoms. The first-order valence-electron chi connectivity index (χ1n) is 7.66. The highest BCUT2D eigenvalue weighted by atomic mass is 16.5. The van der Waals surface area contributed by atoms with E-state index in [0.29, 0.717) is 32.5 Å². The van der Waals surface area contributed by atoms with Gasteiger partial charge in [-0.15, -0.1) is 0 Å². The molecule has 0 aliphatic carbocycles. The monoisotopic (exact) mass is 298 g/mol. The van der Waals surface area contributed by atoms with E-state index in [-0.39, 0.29) is 29.7 Å². The van der Waals surface area contributed by atoms with Crippen LogP contribution in [0.3, 0.4) is 0 Å². The largest absolute Gasteiger partial charge is 0.481 e. The van der Waals surface area contributed by atoms with E-state index in [9.17, 15) is 9.59 Å². The SMILES string of the molecule is CC1CN(C(=O)N2CCC(C(=O)O)CC2C)CC(C)(C)O1. The van der Waals surface area contributed by atoms with Crippen LogP contribution in [-0.4, -0.2) is 64.3 Å². The number of hydrogen-bond acceptors (Lipinski definition) is 3. The highest BCUT2D eigenvalue weighted by Crippen LogP contribution is 2.27. The van der Waals surface area contributed by atoms with Gasteiger partial charge < -0.3 is 19.6 Å². The van der Waals surface area contributed by atoms with Crippen LogP contribution >= 0.6 is 0 Å². The van der Waals surface area contributed by atoms with Gasteiger partial charge in [-0.1, -0.05) is 0 Å². The third-order valence-corrected chi connectivity index (χ3v) is 4.31. The first-order chi connectivity index (χ1) is 9.69. The Bertz CT molecular complexity index is 424. The van der Waals surface area contributed by atoms with Crippen LogP contribution in [0.25, 0.3) is 0 Å². The van der Waals surface area contributed by atoms with E-state index in [1.54, 1.807) is 0 Å². The van der Waals surface area contributed by atoms with Crippen molar-refractivity contribution in [3.05, 3.63) is 0 Å². The van der Waals surface area contributed by atoms with E-state index in [4.69, 9.17) is 9.84 Å². The third-order valence-electron chi connectivity index (χ3n) is 4.31. The lowest BCUT2D eigenvalue weighted by Crippen LogP contribution is -2.59. The summed E-state index contributed by atoms with van der Waals surface area (Å²) in [5, 5.41) is 9.10. The minimum Gasteiger partial charge on any atom is -0.481 e. The van der Waals surface area contributed by atoms with Crippen LogP contribution in [0, 0.1) is 5.92 Å². The van der Waals surface area contributed by atoms with Crippen LogP contribution in [-0.2, 0) is 9.53 Å². The van der Waals surface area contributed by atoms with Crippen molar-refractivity contribution in [3.8, 4) is 0 Å². The molecule has 3 unspecified atom stereocenters. The Kier molecular flexibility index (Phi) is 4.46. The smallest absolute Gasteiger partial charge is 0.320 e. The summed E-state index contributed by atoms with van der Waals surface area (Å²) < 4.78 is 5.83. The minimum absolute atomic E-state index is 0.00886. The van der Waals surface area contributed by atoms with Crippen molar-refractivity contribution >= 4 is 12.0 Å². The van der Waals surface area contributed by atoms with E-state index < -0.39 is 5.97 Å². The molecular formula is C15H26N2O4. The molecule has 0 radical (unpaired) electrons. The number of nitrogens with zero attached hydrogens (tertiary/aromatic N) is 2. The topological polar surface area (TPSA) is 70.1 Å². The number of ether oxygens (including phenoxy) is 1. The standard InChI is InChI=1S/C15H26N2O4/c1-10-7-12(13(18)19)5-6-17(10)14(20)16-8-11(2)21-15(3,4)9-16/h10-12H,5-9H2,1-4H3,(H,18,19). The van der Waals surface area contributed by atoms with Crippen LogP contribution in [0.1, 0.15) is 40.5 Å². The number of carbonyl (C=O) groups is 2. The van der Waals surface area contributed by atoms with Crippen molar-refractivity contribution in [2.24, 2.45) is 5.92 Å². The van der Waals surface area contributed by atoms with E-state index in [0.717, 1.165) is 0 Å². The number of piperidine rings is 1. The summed E-state index contributed by atoms with van der Waals surface area (Å²) in [6.45, 7) is 9.56. The lowest BCUT2D eigenvalue weighted by Gasteiger charge is -2.45. The number of likely N-dealkylation sites (tertiary alicyclic amines) is 1. The molecule has 2 rings (SSSR count). The molecule has 1 N–H and O–H groups in total. The van der Waals surface area contributed by atoms with Crippen molar-refractivity contribution in [2.45, 2.75) is 58.3 Å². The van der Waals surface area contributed by atoms with Crippen molar-refractivity contribution in [1.82, 2.24) is 9.80 Å². The summed E-state index contributed by atoms with van der Waals surface area (Å²) in [5.74, 6) is -1.08. The van der Waals surface area contributed by atoms with Crippen LogP contribution in [0.15, 0.2) is 0 Å². The molecule has 0 aromatic rings. The maximum atomic E-state index is 12.7. The zero-order chi connectivity index (χ0) is 15.8. The number of carboxylic acids is 1. The number of amides is 2. The molecule has 6 heteroatoms. The second kappa shape index (κ2) is 5.83. The van der Waals surface area contributed by atoms with Crippen molar-refractivity contribution in [1.29, 1.82) is 0 Å². The second-order valence-corrected chi connectivity index (χ2v) is 6.95. The fraction of sp³-hybridized carbons (Fsp3) is 0.867. The highest BCUT2D eigenvalue weighted by Gasteiger charge is 2.38. The first-order valence-corrected chi connectivity index (χ1v) is 7.66. The number of aliphatic carboxylic acids is 1. The average molecular weight is 298 g/mol. The molecule has 2 fully saturated rings. The zero-order valence-electron chi connectivity index (χ0n) is 13.3. The predicted octanol–water partition coefficient (Wildman–Crippen LogP) is 1.79.